The van der Waals surface area contributed by atoms with Crippen molar-refractivity contribution < 1.29 is 4.79 Å². The van der Waals surface area contributed by atoms with Gasteiger partial charge in [-0.2, -0.15) is 0 Å². The summed E-state index contributed by atoms with van der Waals surface area (Å²) < 4.78 is 0. The zero-order valence-electron chi connectivity index (χ0n) is 8.55. The van der Waals surface area contributed by atoms with E-state index < -0.39 is 0 Å². The molecule has 2 N–H and O–H groups in total. The molecule has 0 aliphatic rings. The second kappa shape index (κ2) is 6.68. The zero-order chi connectivity index (χ0) is 10.3. The fourth-order valence-corrected chi connectivity index (χ4v) is 1.44. The number of hydrogen-bond donors (Lipinski definition) is 1. The van der Waals surface area contributed by atoms with Crippen molar-refractivity contribution in [1.29, 1.82) is 0 Å². The first-order chi connectivity index (χ1) is 6.10. The van der Waals surface area contributed by atoms with Crippen LogP contribution in [0.2, 0.25) is 0 Å². The minimum Gasteiger partial charge on any atom is -0.330 e. The fraction of sp³-hybridized carbons (Fsp3) is 0.727. The van der Waals surface area contributed by atoms with Gasteiger partial charge in [0.15, 0.2) is 0 Å². The molecule has 13 heavy (non-hydrogen) atoms. The molecule has 2 heteroatoms. The van der Waals surface area contributed by atoms with Crippen LogP contribution in [0.4, 0.5) is 0 Å². The third-order valence-electron chi connectivity index (χ3n) is 1.95. The van der Waals surface area contributed by atoms with Gasteiger partial charge in [0.05, 0.1) is 6.42 Å². The Balaban J connectivity index is 3.84. The summed E-state index contributed by atoms with van der Waals surface area (Å²) >= 11 is 0. The van der Waals surface area contributed by atoms with E-state index in [1.54, 1.807) is 0 Å². The van der Waals surface area contributed by atoms with Crippen LogP contribution >= 0.6 is 0 Å². The number of ketones is 1. The van der Waals surface area contributed by atoms with Gasteiger partial charge < -0.3 is 5.73 Å². The Labute approximate surface area is 80.9 Å². The van der Waals surface area contributed by atoms with Gasteiger partial charge in [-0.1, -0.05) is 19.8 Å². The maximum absolute atomic E-state index is 11.2. The predicted molar refractivity (Wildman–Crippen MR) is 55.1 cm³/mol. The average Bonchev–Trinajstić information content (AvgIpc) is 2.02. The molecule has 74 valence electrons. The van der Waals surface area contributed by atoms with Crippen molar-refractivity contribution in [2.45, 2.75) is 33.1 Å². The Bertz CT molecular complexity index is 191. The van der Waals surface area contributed by atoms with Crippen LogP contribution in [0, 0.1) is 24.2 Å². The van der Waals surface area contributed by atoms with Crippen molar-refractivity contribution in [2.75, 3.05) is 6.54 Å². The van der Waals surface area contributed by atoms with Gasteiger partial charge in [-0.05, 0) is 24.8 Å². The number of hydrogen-bond acceptors (Lipinski definition) is 2. The molecule has 0 bridgehead atoms. The van der Waals surface area contributed by atoms with Crippen molar-refractivity contribution in [2.24, 2.45) is 17.6 Å². The third-order valence-corrected chi connectivity index (χ3v) is 1.95. The molecule has 2 nitrogen and oxygen atoms in total. The van der Waals surface area contributed by atoms with Gasteiger partial charge in [0.25, 0.3) is 0 Å². The number of rotatable bonds is 6. The standard InChI is InChI=1S/C11H19NO/c1-4-5-11(13)7-10(8-12)6-9(2)3/h1,9-10H,5-8,12H2,2-3H3. The molecule has 1 atom stereocenters. The van der Waals surface area contributed by atoms with Gasteiger partial charge >= 0.3 is 0 Å². The van der Waals surface area contributed by atoms with Crippen molar-refractivity contribution in [3.8, 4) is 12.3 Å². The van der Waals surface area contributed by atoms with Gasteiger partial charge in [0.2, 0.25) is 0 Å². The predicted octanol–water partition coefficient (Wildman–Crippen LogP) is 1.59. The second-order valence-electron chi connectivity index (χ2n) is 3.85. The number of carbonyl (C=O) groups is 1. The van der Waals surface area contributed by atoms with E-state index in [-0.39, 0.29) is 12.2 Å². The molecule has 0 aromatic heterocycles. The summed E-state index contributed by atoms with van der Waals surface area (Å²) in [5.41, 5.74) is 5.56. The molecule has 0 aromatic carbocycles. The fourth-order valence-electron chi connectivity index (χ4n) is 1.44. The summed E-state index contributed by atoms with van der Waals surface area (Å²) in [7, 11) is 0. The summed E-state index contributed by atoms with van der Waals surface area (Å²) in [5, 5.41) is 0. The molecule has 0 saturated carbocycles. The monoisotopic (exact) mass is 181 g/mol. The molecule has 0 aliphatic carbocycles. The highest BCUT2D eigenvalue weighted by Crippen LogP contribution is 2.14. The molecule has 0 spiro atoms. The SMILES string of the molecule is C#CCC(=O)CC(CN)CC(C)C. The Morgan fingerprint density at radius 3 is 2.54 bits per heavy atom. The van der Waals surface area contributed by atoms with Gasteiger partial charge in [0.1, 0.15) is 5.78 Å². The van der Waals surface area contributed by atoms with Crippen LogP contribution in [0.3, 0.4) is 0 Å². The highest BCUT2D eigenvalue weighted by atomic mass is 16.1. The van der Waals surface area contributed by atoms with E-state index in [1.165, 1.54) is 0 Å². The molecule has 0 rings (SSSR count). The number of terminal acetylenes is 1. The molecule has 0 aliphatic heterocycles. The summed E-state index contributed by atoms with van der Waals surface area (Å²) in [6, 6.07) is 0. The van der Waals surface area contributed by atoms with Gasteiger partial charge in [-0.25, -0.2) is 0 Å². The Morgan fingerprint density at radius 1 is 1.54 bits per heavy atom. The minimum absolute atomic E-state index is 0.138. The molecule has 0 saturated heterocycles. The van der Waals surface area contributed by atoms with Crippen LogP contribution in [0.5, 0.6) is 0 Å². The summed E-state index contributed by atoms with van der Waals surface area (Å²) in [4.78, 5) is 11.2. The molecule has 1 unspecified atom stereocenters. The zero-order valence-corrected chi connectivity index (χ0v) is 8.55. The van der Waals surface area contributed by atoms with Crippen molar-refractivity contribution in [3.63, 3.8) is 0 Å². The number of nitrogens with two attached hydrogens (primary N) is 1. The quantitative estimate of drug-likeness (QED) is 0.632. The maximum atomic E-state index is 11.2. The van der Waals surface area contributed by atoms with Gasteiger partial charge in [-0.15, -0.1) is 6.42 Å². The highest BCUT2D eigenvalue weighted by molar-refractivity contribution is 5.80. The lowest BCUT2D eigenvalue weighted by atomic mass is 9.92. The van der Waals surface area contributed by atoms with E-state index in [4.69, 9.17) is 12.2 Å². The third kappa shape index (κ3) is 6.36. The maximum Gasteiger partial charge on any atom is 0.145 e. The first-order valence-electron chi connectivity index (χ1n) is 4.75. The van der Waals surface area contributed by atoms with Crippen LogP contribution in [0.15, 0.2) is 0 Å². The molecule has 0 aromatic rings. The highest BCUT2D eigenvalue weighted by Gasteiger charge is 2.12. The largest absolute Gasteiger partial charge is 0.330 e. The van der Waals surface area contributed by atoms with Crippen LogP contribution in [-0.4, -0.2) is 12.3 Å². The van der Waals surface area contributed by atoms with Crippen LogP contribution in [-0.2, 0) is 4.79 Å². The Kier molecular flexibility index (Phi) is 6.26. The lowest BCUT2D eigenvalue weighted by Crippen LogP contribution is -2.19. The van der Waals surface area contributed by atoms with E-state index in [0.717, 1.165) is 6.42 Å². The first kappa shape index (κ1) is 12.2. The number of Topliss-reactive ketones (excluding diaryl/α,β-unsaturated/α-hetero) is 1. The molecule has 0 radical (unpaired) electrons. The lowest BCUT2D eigenvalue weighted by Gasteiger charge is -2.15. The molecule has 0 amide bonds. The van der Waals surface area contributed by atoms with E-state index in [1.807, 2.05) is 0 Å². The Morgan fingerprint density at radius 2 is 2.15 bits per heavy atom. The minimum atomic E-state index is 0.138. The lowest BCUT2D eigenvalue weighted by molar-refractivity contribution is -0.119. The van der Waals surface area contributed by atoms with Crippen molar-refractivity contribution in [3.05, 3.63) is 0 Å². The van der Waals surface area contributed by atoms with Gasteiger partial charge in [-0.3, -0.25) is 4.79 Å². The van der Waals surface area contributed by atoms with Crippen molar-refractivity contribution >= 4 is 5.78 Å². The summed E-state index contributed by atoms with van der Waals surface area (Å²) in [6.45, 7) is 4.84. The van der Waals surface area contributed by atoms with E-state index >= 15 is 0 Å². The van der Waals surface area contributed by atoms with Crippen LogP contribution in [0.1, 0.15) is 33.1 Å². The van der Waals surface area contributed by atoms with E-state index in [2.05, 4.69) is 19.8 Å². The van der Waals surface area contributed by atoms with E-state index in [0.29, 0.717) is 24.8 Å². The smallest absolute Gasteiger partial charge is 0.145 e. The normalized spacial score (nSPS) is 12.5. The summed E-state index contributed by atoms with van der Waals surface area (Å²) in [5.74, 6) is 3.39. The molecule has 0 fully saturated rings. The average molecular weight is 181 g/mol. The molecule has 0 heterocycles. The summed E-state index contributed by atoms with van der Waals surface area (Å²) in [6.07, 6.45) is 6.84. The second-order valence-corrected chi connectivity index (χ2v) is 3.85. The van der Waals surface area contributed by atoms with Crippen molar-refractivity contribution in [1.82, 2.24) is 0 Å². The topological polar surface area (TPSA) is 43.1 Å². The van der Waals surface area contributed by atoms with Crippen LogP contribution < -0.4 is 5.73 Å². The molecular formula is C11H19NO. The van der Waals surface area contributed by atoms with Gasteiger partial charge in [0, 0.05) is 6.42 Å². The Hall–Kier alpha value is -0.810. The van der Waals surface area contributed by atoms with Crippen LogP contribution in [0.25, 0.3) is 0 Å². The molecular weight excluding hydrogens is 162 g/mol. The number of carbonyl (C=O) groups excluding carboxylic acids is 1. The van der Waals surface area contributed by atoms with E-state index in [9.17, 15) is 4.79 Å². The first-order valence-corrected chi connectivity index (χ1v) is 4.75.